The van der Waals surface area contributed by atoms with E-state index in [1.165, 1.54) is 6.07 Å². The summed E-state index contributed by atoms with van der Waals surface area (Å²) in [6.45, 7) is 14.4. The number of aromatic nitrogens is 2. The summed E-state index contributed by atoms with van der Waals surface area (Å²) in [5.74, 6) is -0.569. The van der Waals surface area contributed by atoms with E-state index < -0.39 is 31.6 Å². The molecule has 0 spiro atoms. The monoisotopic (exact) mass is 437 g/mol. The van der Waals surface area contributed by atoms with Gasteiger partial charge in [0, 0.05) is 20.1 Å². The van der Waals surface area contributed by atoms with Crippen molar-refractivity contribution in [2.75, 3.05) is 6.61 Å². The number of ether oxygens (including phenoxy) is 2. The lowest BCUT2D eigenvalue weighted by Gasteiger charge is -2.22. The summed E-state index contributed by atoms with van der Waals surface area (Å²) >= 11 is 0. The molecule has 1 atom stereocenters. The van der Waals surface area contributed by atoms with E-state index in [0.717, 1.165) is 6.04 Å². The highest BCUT2D eigenvalue weighted by Gasteiger charge is 2.22. The van der Waals surface area contributed by atoms with E-state index in [9.17, 15) is 14.0 Å². The van der Waals surface area contributed by atoms with Crippen molar-refractivity contribution in [2.24, 2.45) is 0 Å². The number of hydrogen-bond acceptors (Lipinski definition) is 5. The molecule has 1 amide bonds. The molecule has 9 heteroatoms. The minimum Gasteiger partial charge on any atom is -0.444 e. The number of carbonyl (C=O) groups is 2. The van der Waals surface area contributed by atoms with Crippen molar-refractivity contribution in [2.45, 2.75) is 71.8 Å². The minimum atomic E-state index is -1.24. The largest absolute Gasteiger partial charge is 0.444 e. The molecule has 166 valence electrons. The Bertz CT molecular complexity index is 916. The molecule has 0 aliphatic rings. The SMILES string of the molecule is C[C@@H](NC(=O)OC(C)(C)C)c1nc2c(cc1F)cc(C=O)n2COCC[Si](C)(C)C. The molecule has 2 aromatic rings. The first kappa shape index (κ1) is 24.0. The van der Waals surface area contributed by atoms with Gasteiger partial charge < -0.3 is 14.8 Å². The van der Waals surface area contributed by atoms with Gasteiger partial charge in [0.25, 0.3) is 0 Å². The molecular weight excluding hydrogens is 405 g/mol. The molecule has 0 saturated carbocycles. The van der Waals surface area contributed by atoms with Gasteiger partial charge in [-0.1, -0.05) is 19.6 Å². The van der Waals surface area contributed by atoms with Crippen LogP contribution in [0.5, 0.6) is 0 Å². The number of hydrogen-bond donors (Lipinski definition) is 1. The maximum Gasteiger partial charge on any atom is 0.408 e. The van der Waals surface area contributed by atoms with Gasteiger partial charge in [0.1, 0.15) is 29.5 Å². The second-order valence-electron chi connectivity index (χ2n) is 9.60. The van der Waals surface area contributed by atoms with Gasteiger partial charge >= 0.3 is 6.09 Å². The number of alkyl carbamates (subject to hydrolysis) is 1. The zero-order chi connectivity index (χ0) is 22.7. The van der Waals surface area contributed by atoms with Gasteiger partial charge in [0.2, 0.25) is 0 Å². The zero-order valence-electron chi connectivity index (χ0n) is 18.8. The van der Waals surface area contributed by atoms with Gasteiger partial charge in [-0.05, 0) is 45.9 Å². The molecule has 0 aliphatic heterocycles. The van der Waals surface area contributed by atoms with Crippen LogP contribution in [-0.4, -0.2) is 42.2 Å². The van der Waals surface area contributed by atoms with Crippen LogP contribution in [0, 0.1) is 5.82 Å². The Hall–Kier alpha value is -2.26. The fraction of sp³-hybridized carbons (Fsp3) is 0.571. The topological polar surface area (TPSA) is 82.5 Å². The number of fused-ring (bicyclic) bond motifs is 1. The summed E-state index contributed by atoms with van der Waals surface area (Å²) in [6, 6.07) is 3.17. The van der Waals surface area contributed by atoms with E-state index in [0.29, 0.717) is 29.6 Å². The molecule has 0 unspecified atom stereocenters. The third-order valence-corrected chi connectivity index (χ3v) is 6.07. The highest BCUT2D eigenvalue weighted by atomic mass is 28.3. The summed E-state index contributed by atoms with van der Waals surface area (Å²) in [5, 5.41) is 3.10. The van der Waals surface area contributed by atoms with Crippen LogP contribution in [-0.2, 0) is 16.2 Å². The molecular formula is C21H32FN3O4Si. The van der Waals surface area contributed by atoms with E-state index in [4.69, 9.17) is 9.47 Å². The summed E-state index contributed by atoms with van der Waals surface area (Å²) in [7, 11) is -1.24. The number of nitrogens with one attached hydrogen (secondary N) is 1. The Morgan fingerprint density at radius 1 is 1.33 bits per heavy atom. The first-order chi connectivity index (χ1) is 13.8. The van der Waals surface area contributed by atoms with Gasteiger partial charge in [-0.25, -0.2) is 14.2 Å². The molecule has 2 rings (SSSR count). The Balaban J connectivity index is 2.26. The van der Waals surface area contributed by atoms with E-state index >= 15 is 0 Å². The van der Waals surface area contributed by atoms with Gasteiger partial charge in [-0.15, -0.1) is 0 Å². The Morgan fingerprint density at radius 2 is 2.00 bits per heavy atom. The molecule has 0 aromatic carbocycles. The molecule has 0 radical (unpaired) electrons. The number of halogens is 1. The standard InChI is InChI=1S/C21H32FN3O4Si/c1-14(23-20(27)29-21(2,3)4)18-17(22)11-15-10-16(12-26)25(19(15)24-18)13-28-8-9-30(5,6)7/h10-12,14H,8-9,13H2,1-7H3,(H,23,27)/t14-/m1/s1. The first-order valence-electron chi connectivity index (χ1n) is 10.0. The van der Waals surface area contributed by atoms with Crippen LogP contribution in [0.25, 0.3) is 11.0 Å². The second kappa shape index (κ2) is 9.26. The van der Waals surface area contributed by atoms with Crippen molar-refractivity contribution in [1.29, 1.82) is 0 Å². The lowest BCUT2D eigenvalue weighted by Crippen LogP contribution is -2.34. The summed E-state index contributed by atoms with van der Waals surface area (Å²) in [4.78, 5) is 28.0. The molecule has 2 heterocycles. The lowest BCUT2D eigenvalue weighted by atomic mass is 10.2. The molecule has 1 N–H and O–H groups in total. The summed E-state index contributed by atoms with van der Waals surface area (Å²) in [5.41, 5.74) is 0.182. The number of rotatable bonds is 8. The number of pyridine rings is 1. The van der Waals surface area contributed by atoms with Crippen LogP contribution in [0.2, 0.25) is 25.7 Å². The van der Waals surface area contributed by atoms with Crippen molar-refractivity contribution >= 4 is 31.5 Å². The average molecular weight is 438 g/mol. The van der Waals surface area contributed by atoms with Crippen molar-refractivity contribution in [1.82, 2.24) is 14.9 Å². The number of aldehydes is 1. The van der Waals surface area contributed by atoms with Crippen molar-refractivity contribution < 1.29 is 23.5 Å². The third kappa shape index (κ3) is 6.63. The van der Waals surface area contributed by atoms with Crippen LogP contribution in [0.3, 0.4) is 0 Å². The van der Waals surface area contributed by atoms with Crippen molar-refractivity contribution in [3.63, 3.8) is 0 Å². The predicted octanol–water partition coefficient (Wildman–Crippen LogP) is 4.89. The number of nitrogens with zero attached hydrogens (tertiary/aromatic N) is 2. The van der Waals surface area contributed by atoms with E-state index in [1.54, 1.807) is 38.3 Å². The van der Waals surface area contributed by atoms with Gasteiger partial charge in [-0.2, -0.15) is 0 Å². The molecule has 0 aliphatic carbocycles. The van der Waals surface area contributed by atoms with Crippen molar-refractivity contribution in [3.8, 4) is 0 Å². The van der Waals surface area contributed by atoms with Crippen molar-refractivity contribution in [3.05, 3.63) is 29.3 Å². The van der Waals surface area contributed by atoms with Crippen LogP contribution < -0.4 is 5.32 Å². The third-order valence-electron chi connectivity index (χ3n) is 4.36. The summed E-state index contributed by atoms with van der Waals surface area (Å²) < 4.78 is 27.3. The smallest absolute Gasteiger partial charge is 0.408 e. The van der Waals surface area contributed by atoms with E-state index in [1.807, 2.05) is 0 Å². The summed E-state index contributed by atoms with van der Waals surface area (Å²) in [6.07, 6.45) is 0.0405. The number of carbonyl (C=O) groups excluding carboxylic acids is 2. The Kier molecular flexibility index (Phi) is 7.41. The molecule has 0 saturated heterocycles. The minimum absolute atomic E-state index is 0.0623. The van der Waals surface area contributed by atoms with Gasteiger partial charge in [-0.3, -0.25) is 9.36 Å². The molecule has 2 aromatic heterocycles. The predicted molar refractivity (Wildman–Crippen MR) is 117 cm³/mol. The fourth-order valence-electron chi connectivity index (χ4n) is 2.81. The average Bonchev–Trinajstić information content (AvgIpc) is 2.91. The molecule has 7 nitrogen and oxygen atoms in total. The maximum atomic E-state index is 14.7. The second-order valence-corrected chi connectivity index (χ2v) is 15.2. The highest BCUT2D eigenvalue weighted by Crippen LogP contribution is 2.24. The molecule has 0 bridgehead atoms. The van der Waals surface area contributed by atoms with Crippen LogP contribution in [0.1, 0.15) is 49.9 Å². The Labute approximate surface area is 178 Å². The first-order valence-corrected chi connectivity index (χ1v) is 13.7. The number of amides is 1. The fourth-order valence-corrected chi connectivity index (χ4v) is 3.57. The van der Waals surface area contributed by atoms with Crippen LogP contribution >= 0.6 is 0 Å². The van der Waals surface area contributed by atoms with E-state index in [-0.39, 0.29) is 12.4 Å². The van der Waals surface area contributed by atoms with Gasteiger partial charge in [0.15, 0.2) is 6.29 Å². The highest BCUT2D eigenvalue weighted by molar-refractivity contribution is 6.76. The molecule has 30 heavy (non-hydrogen) atoms. The normalized spacial score (nSPS) is 13.3. The molecule has 0 fully saturated rings. The zero-order valence-corrected chi connectivity index (χ0v) is 19.8. The van der Waals surface area contributed by atoms with Crippen LogP contribution in [0.4, 0.5) is 9.18 Å². The lowest BCUT2D eigenvalue weighted by molar-refractivity contribution is 0.0506. The van der Waals surface area contributed by atoms with Gasteiger partial charge in [0.05, 0.1) is 11.7 Å². The Morgan fingerprint density at radius 3 is 2.57 bits per heavy atom. The van der Waals surface area contributed by atoms with E-state index in [2.05, 4.69) is 29.9 Å². The maximum absolute atomic E-state index is 14.7. The van der Waals surface area contributed by atoms with Crippen LogP contribution in [0.15, 0.2) is 12.1 Å². The quantitative estimate of drug-likeness (QED) is 0.361.